The molecule has 3 heteroatoms. The van der Waals surface area contributed by atoms with Crippen molar-refractivity contribution >= 4 is 5.97 Å². The molecule has 1 rings (SSSR count). The third-order valence-corrected chi connectivity index (χ3v) is 3.26. The fourth-order valence-electron chi connectivity index (χ4n) is 1.91. The Morgan fingerprint density at radius 3 is 2.06 bits per heavy atom. The van der Waals surface area contributed by atoms with E-state index in [-0.39, 0.29) is 0 Å². The molecule has 0 saturated heterocycles. The van der Waals surface area contributed by atoms with E-state index in [4.69, 9.17) is 10.8 Å². The van der Waals surface area contributed by atoms with Gasteiger partial charge in [-0.3, -0.25) is 4.79 Å². The largest absolute Gasteiger partial charge is 0.480 e. The molecule has 88 valence electrons. The Morgan fingerprint density at radius 2 is 1.69 bits per heavy atom. The summed E-state index contributed by atoms with van der Waals surface area (Å²) in [6.45, 7) is 8.12. The van der Waals surface area contributed by atoms with Crippen molar-refractivity contribution in [3.63, 3.8) is 0 Å². The lowest BCUT2D eigenvalue weighted by Gasteiger charge is -2.16. The Balaban J connectivity index is 3.17. The van der Waals surface area contributed by atoms with Crippen molar-refractivity contribution in [2.24, 2.45) is 5.73 Å². The second-order valence-corrected chi connectivity index (χ2v) is 4.39. The van der Waals surface area contributed by atoms with Crippen molar-refractivity contribution in [2.75, 3.05) is 0 Å². The molecule has 1 unspecified atom stereocenters. The zero-order chi connectivity index (χ0) is 12.5. The van der Waals surface area contributed by atoms with Crippen LogP contribution in [0, 0.1) is 27.7 Å². The van der Waals surface area contributed by atoms with Crippen LogP contribution in [0.1, 0.15) is 27.8 Å². The summed E-state index contributed by atoms with van der Waals surface area (Å²) in [5.74, 6) is -0.946. The second kappa shape index (κ2) is 4.66. The fraction of sp³-hybridized carbons (Fsp3) is 0.462. The first kappa shape index (κ1) is 12.7. The van der Waals surface area contributed by atoms with Crippen LogP contribution in [0.4, 0.5) is 0 Å². The highest BCUT2D eigenvalue weighted by Gasteiger charge is 2.16. The highest BCUT2D eigenvalue weighted by molar-refractivity contribution is 5.73. The lowest BCUT2D eigenvalue weighted by atomic mass is 9.90. The first-order valence-electron chi connectivity index (χ1n) is 5.39. The van der Waals surface area contributed by atoms with Crippen molar-refractivity contribution in [1.82, 2.24) is 0 Å². The summed E-state index contributed by atoms with van der Waals surface area (Å²) in [5.41, 5.74) is 11.3. The van der Waals surface area contributed by atoms with Crippen LogP contribution in [0.25, 0.3) is 0 Å². The number of carboxylic acid groups (broad SMARTS) is 1. The van der Waals surface area contributed by atoms with E-state index in [2.05, 4.69) is 6.07 Å². The molecule has 0 amide bonds. The maximum absolute atomic E-state index is 10.8. The van der Waals surface area contributed by atoms with Crippen LogP contribution < -0.4 is 5.73 Å². The molecule has 1 atom stereocenters. The van der Waals surface area contributed by atoms with Gasteiger partial charge in [-0.05, 0) is 61.9 Å². The van der Waals surface area contributed by atoms with E-state index in [0.29, 0.717) is 6.42 Å². The quantitative estimate of drug-likeness (QED) is 0.819. The average molecular weight is 221 g/mol. The summed E-state index contributed by atoms with van der Waals surface area (Å²) in [7, 11) is 0. The molecular formula is C13H19NO2. The van der Waals surface area contributed by atoms with Crippen molar-refractivity contribution in [3.05, 3.63) is 33.9 Å². The van der Waals surface area contributed by atoms with E-state index in [9.17, 15) is 4.79 Å². The summed E-state index contributed by atoms with van der Waals surface area (Å²) < 4.78 is 0. The predicted octanol–water partition coefficient (Wildman–Crippen LogP) is 1.87. The van der Waals surface area contributed by atoms with Crippen LogP contribution in [-0.4, -0.2) is 17.1 Å². The molecule has 0 bridgehead atoms. The molecule has 0 saturated carbocycles. The number of aliphatic carboxylic acids is 1. The van der Waals surface area contributed by atoms with E-state index < -0.39 is 12.0 Å². The van der Waals surface area contributed by atoms with Gasteiger partial charge in [0, 0.05) is 0 Å². The third kappa shape index (κ3) is 2.42. The van der Waals surface area contributed by atoms with Crippen LogP contribution in [0.2, 0.25) is 0 Å². The zero-order valence-corrected chi connectivity index (χ0v) is 10.3. The molecule has 16 heavy (non-hydrogen) atoms. The van der Waals surface area contributed by atoms with Gasteiger partial charge in [0.2, 0.25) is 0 Å². The van der Waals surface area contributed by atoms with Gasteiger partial charge in [-0.15, -0.1) is 0 Å². The zero-order valence-electron chi connectivity index (χ0n) is 10.3. The molecular weight excluding hydrogens is 202 g/mol. The monoisotopic (exact) mass is 221 g/mol. The van der Waals surface area contributed by atoms with Crippen molar-refractivity contribution in [2.45, 2.75) is 40.2 Å². The highest BCUT2D eigenvalue weighted by Crippen LogP contribution is 2.22. The number of nitrogens with two attached hydrogens (primary N) is 1. The van der Waals surface area contributed by atoms with Gasteiger partial charge in [0.1, 0.15) is 6.04 Å². The number of rotatable bonds is 3. The Bertz CT molecular complexity index is 398. The van der Waals surface area contributed by atoms with Crippen molar-refractivity contribution < 1.29 is 9.90 Å². The average Bonchev–Trinajstić information content (AvgIpc) is 2.21. The topological polar surface area (TPSA) is 63.3 Å². The predicted molar refractivity (Wildman–Crippen MR) is 64.7 cm³/mol. The van der Waals surface area contributed by atoms with Gasteiger partial charge < -0.3 is 10.8 Å². The molecule has 0 aliphatic heterocycles. The molecule has 0 aliphatic rings. The van der Waals surface area contributed by atoms with Gasteiger partial charge in [0.05, 0.1) is 0 Å². The molecule has 0 spiro atoms. The summed E-state index contributed by atoms with van der Waals surface area (Å²) in [6, 6.07) is 1.30. The Kier molecular flexibility index (Phi) is 3.70. The number of benzene rings is 1. The minimum atomic E-state index is -0.946. The highest BCUT2D eigenvalue weighted by atomic mass is 16.4. The maximum Gasteiger partial charge on any atom is 0.320 e. The van der Waals surface area contributed by atoms with Crippen molar-refractivity contribution in [1.29, 1.82) is 0 Å². The normalized spacial score (nSPS) is 12.6. The summed E-state index contributed by atoms with van der Waals surface area (Å²) >= 11 is 0. The van der Waals surface area contributed by atoms with Crippen molar-refractivity contribution in [3.8, 4) is 0 Å². The summed E-state index contributed by atoms with van der Waals surface area (Å²) in [4.78, 5) is 10.8. The van der Waals surface area contributed by atoms with E-state index in [1.165, 1.54) is 11.1 Å². The number of hydrogen-bond acceptors (Lipinski definition) is 2. The Hall–Kier alpha value is -1.35. The van der Waals surface area contributed by atoms with Gasteiger partial charge in [-0.25, -0.2) is 0 Å². The van der Waals surface area contributed by atoms with Crippen LogP contribution in [-0.2, 0) is 11.2 Å². The van der Waals surface area contributed by atoms with E-state index in [1.807, 2.05) is 27.7 Å². The lowest BCUT2D eigenvalue weighted by Crippen LogP contribution is -2.32. The minimum absolute atomic E-state index is 0.398. The van der Waals surface area contributed by atoms with Gasteiger partial charge in [0.25, 0.3) is 0 Å². The molecule has 0 fully saturated rings. The SMILES string of the molecule is Cc1cc(C)c(C)c(CC(N)C(=O)O)c1C. The van der Waals surface area contributed by atoms with Crippen LogP contribution in [0.15, 0.2) is 6.07 Å². The molecule has 0 aliphatic carbocycles. The number of carbonyl (C=O) groups is 1. The smallest absolute Gasteiger partial charge is 0.320 e. The number of carboxylic acids is 1. The maximum atomic E-state index is 10.8. The van der Waals surface area contributed by atoms with Crippen LogP contribution in [0.3, 0.4) is 0 Å². The first-order chi connectivity index (χ1) is 7.34. The van der Waals surface area contributed by atoms with E-state index in [1.54, 1.807) is 0 Å². The lowest BCUT2D eigenvalue weighted by molar-refractivity contribution is -0.138. The van der Waals surface area contributed by atoms with Gasteiger partial charge in [0.15, 0.2) is 0 Å². The first-order valence-corrected chi connectivity index (χ1v) is 5.39. The summed E-state index contributed by atoms with van der Waals surface area (Å²) in [5, 5.41) is 8.84. The van der Waals surface area contributed by atoms with Gasteiger partial charge in [-0.2, -0.15) is 0 Å². The Morgan fingerprint density at radius 1 is 1.25 bits per heavy atom. The number of hydrogen-bond donors (Lipinski definition) is 2. The van der Waals surface area contributed by atoms with Crippen LogP contribution >= 0.6 is 0 Å². The molecule has 1 aromatic carbocycles. The second-order valence-electron chi connectivity index (χ2n) is 4.39. The number of aryl methyl sites for hydroxylation is 2. The van der Waals surface area contributed by atoms with E-state index >= 15 is 0 Å². The van der Waals surface area contributed by atoms with E-state index in [0.717, 1.165) is 16.7 Å². The molecule has 0 aromatic heterocycles. The molecule has 0 radical (unpaired) electrons. The molecule has 3 nitrogen and oxygen atoms in total. The molecule has 1 aromatic rings. The standard InChI is InChI=1S/C13H19NO2/c1-7-5-8(2)10(4)11(9(7)3)6-12(14)13(15)16/h5,12H,6,14H2,1-4H3,(H,15,16). The minimum Gasteiger partial charge on any atom is -0.480 e. The molecule has 0 heterocycles. The fourth-order valence-corrected chi connectivity index (χ4v) is 1.91. The van der Waals surface area contributed by atoms with Gasteiger partial charge in [-0.1, -0.05) is 6.07 Å². The van der Waals surface area contributed by atoms with Crippen LogP contribution in [0.5, 0.6) is 0 Å². The summed E-state index contributed by atoms with van der Waals surface area (Å²) in [6.07, 6.45) is 0.398. The Labute approximate surface area is 96.3 Å². The third-order valence-electron chi connectivity index (χ3n) is 3.26. The molecule has 3 N–H and O–H groups in total. The van der Waals surface area contributed by atoms with Gasteiger partial charge >= 0.3 is 5.97 Å².